The quantitative estimate of drug-likeness (QED) is 0.894. The number of amides is 1. The topological polar surface area (TPSA) is 41.1 Å². The maximum Gasteiger partial charge on any atom is 0.239 e. The van der Waals surface area contributed by atoms with Crippen LogP contribution in [-0.2, 0) is 4.79 Å². The minimum absolute atomic E-state index is 0. The second-order valence-electron chi connectivity index (χ2n) is 4.17. The number of nitrogens with one attached hydrogen (secondary N) is 2. The predicted molar refractivity (Wildman–Crippen MR) is 80.7 cm³/mol. The van der Waals surface area contributed by atoms with Crippen molar-refractivity contribution in [3.05, 3.63) is 30.3 Å². The monoisotopic (exact) mass is 286 g/mol. The standard InChI is InChI=1S/C13H18N2OS.ClH/c16-13(15-12-6-8-17-9-7-12)10-14-11-4-2-1-3-5-11;/h1-5,12,14H,6-10H2,(H,15,16);1H. The van der Waals surface area contributed by atoms with Gasteiger partial charge in [0.2, 0.25) is 5.91 Å². The van der Waals surface area contributed by atoms with Crippen LogP contribution in [0.25, 0.3) is 0 Å². The molecule has 1 saturated heterocycles. The number of hydrogen-bond donors (Lipinski definition) is 2. The Morgan fingerprint density at radius 1 is 1.22 bits per heavy atom. The molecule has 0 radical (unpaired) electrons. The van der Waals surface area contributed by atoms with Crippen LogP contribution in [0.4, 0.5) is 5.69 Å². The Bertz CT molecular complexity index is 355. The average Bonchev–Trinajstić information content (AvgIpc) is 2.39. The number of anilines is 1. The minimum atomic E-state index is 0. The van der Waals surface area contributed by atoms with Crippen LogP contribution in [0.5, 0.6) is 0 Å². The van der Waals surface area contributed by atoms with Crippen molar-refractivity contribution in [2.24, 2.45) is 0 Å². The fourth-order valence-electron chi connectivity index (χ4n) is 1.86. The highest BCUT2D eigenvalue weighted by atomic mass is 35.5. The molecule has 0 atom stereocenters. The van der Waals surface area contributed by atoms with Gasteiger partial charge in [-0.15, -0.1) is 12.4 Å². The van der Waals surface area contributed by atoms with Gasteiger partial charge >= 0.3 is 0 Å². The highest BCUT2D eigenvalue weighted by Gasteiger charge is 2.15. The van der Waals surface area contributed by atoms with Crippen molar-refractivity contribution >= 4 is 35.8 Å². The molecule has 1 aliphatic heterocycles. The van der Waals surface area contributed by atoms with Crippen molar-refractivity contribution in [2.75, 3.05) is 23.4 Å². The molecule has 0 saturated carbocycles. The first-order valence-electron chi connectivity index (χ1n) is 6.00. The van der Waals surface area contributed by atoms with Crippen molar-refractivity contribution in [2.45, 2.75) is 18.9 Å². The van der Waals surface area contributed by atoms with Gasteiger partial charge in [0.05, 0.1) is 6.54 Å². The molecule has 0 aromatic heterocycles. The van der Waals surface area contributed by atoms with Crippen molar-refractivity contribution in [3.63, 3.8) is 0 Å². The number of rotatable bonds is 4. The third kappa shape index (κ3) is 5.19. The van der Waals surface area contributed by atoms with Gasteiger partial charge < -0.3 is 10.6 Å². The summed E-state index contributed by atoms with van der Waals surface area (Å²) in [5.74, 6) is 2.42. The summed E-state index contributed by atoms with van der Waals surface area (Å²) in [5, 5.41) is 6.19. The molecule has 0 spiro atoms. The van der Waals surface area contributed by atoms with E-state index in [4.69, 9.17) is 0 Å². The van der Waals surface area contributed by atoms with Crippen LogP contribution in [0.1, 0.15) is 12.8 Å². The lowest BCUT2D eigenvalue weighted by Crippen LogP contribution is -2.40. The summed E-state index contributed by atoms with van der Waals surface area (Å²) in [5.41, 5.74) is 0.988. The molecule has 100 valence electrons. The zero-order valence-corrected chi connectivity index (χ0v) is 11.9. The van der Waals surface area contributed by atoms with E-state index in [1.54, 1.807) is 0 Å². The first-order valence-corrected chi connectivity index (χ1v) is 7.16. The van der Waals surface area contributed by atoms with Crippen LogP contribution in [0.3, 0.4) is 0 Å². The number of hydrogen-bond acceptors (Lipinski definition) is 3. The zero-order valence-electron chi connectivity index (χ0n) is 10.2. The predicted octanol–water partition coefficient (Wildman–Crippen LogP) is 2.53. The van der Waals surface area contributed by atoms with Gasteiger partial charge in [-0.2, -0.15) is 11.8 Å². The van der Waals surface area contributed by atoms with E-state index in [9.17, 15) is 4.79 Å². The fourth-order valence-corrected chi connectivity index (χ4v) is 2.97. The Hall–Kier alpha value is -0.870. The van der Waals surface area contributed by atoms with E-state index < -0.39 is 0 Å². The van der Waals surface area contributed by atoms with Crippen LogP contribution in [0.15, 0.2) is 30.3 Å². The van der Waals surface area contributed by atoms with Crippen LogP contribution in [0.2, 0.25) is 0 Å². The van der Waals surface area contributed by atoms with Crippen LogP contribution < -0.4 is 10.6 Å². The number of para-hydroxylation sites is 1. The summed E-state index contributed by atoms with van der Waals surface area (Å²) < 4.78 is 0. The highest BCUT2D eigenvalue weighted by Crippen LogP contribution is 2.16. The van der Waals surface area contributed by atoms with E-state index in [2.05, 4.69) is 10.6 Å². The van der Waals surface area contributed by atoms with Crippen LogP contribution in [0, 0.1) is 0 Å². The largest absolute Gasteiger partial charge is 0.376 e. The minimum Gasteiger partial charge on any atom is -0.376 e. The maximum atomic E-state index is 11.7. The summed E-state index contributed by atoms with van der Waals surface area (Å²) in [6.07, 6.45) is 2.20. The molecular formula is C13H19ClN2OS. The molecule has 18 heavy (non-hydrogen) atoms. The van der Waals surface area contributed by atoms with Crippen LogP contribution >= 0.6 is 24.2 Å². The SMILES string of the molecule is Cl.O=C(CNc1ccccc1)NC1CCSCC1. The van der Waals surface area contributed by atoms with Gasteiger partial charge in [0.15, 0.2) is 0 Å². The number of benzene rings is 1. The summed E-state index contributed by atoms with van der Waals surface area (Å²) in [4.78, 5) is 11.7. The molecule has 1 fully saturated rings. The van der Waals surface area contributed by atoms with E-state index in [0.29, 0.717) is 12.6 Å². The van der Waals surface area contributed by atoms with Gasteiger partial charge in [0.1, 0.15) is 0 Å². The zero-order chi connectivity index (χ0) is 11.9. The lowest BCUT2D eigenvalue weighted by Gasteiger charge is -2.22. The first kappa shape index (κ1) is 15.2. The van der Waals surface area contributed by atoms with E-state index in [0.717, 1.165) is 30.0 Å². The lowest BCUT2D eigenvalue weighted by molar-refractivity contribution is -0.120. The van der Waals surface area contributed by atoms with Gasteiger partial charge in [0.25, 0.3) is 0 Å². The molecule has 1 aromatic carbocycles. The molecule has 0 aliphatic carbocycles. The summed E-state index contributed by atoms with van der Waals surface area (Å²) in [6.45, 7) is 0.355. The Labute approximate surface area is 119 Å². The van der Waals surface area contributed by atoms with E-state index in [1.807, 2.05) is 42.1 Å². The third-order valence-corrected chi connectivity index (χ3v) is 3.86. The Morgan fingerprint density at radius 2 is 1.89 bits per heavy atom. The molecule has 2 N–H and O–H groups in total. The summed E-state index contributed by atoms with van der Waals surface area (Å²) >= 11 is 1.97. The summed E-state index contributed by atoms with van der Waals surface area (Å²) in [7, 11) is 0. The molecule has 1 heterocycles. The second-order valence-corrected chi connectivity index (χ2v) is 5.40. The molecule has 3 nitrogen and oxygen atoms in total. The van der Waals surface area contributed by atoms with E-state index >= 15 is 0 Å². The Balaban J connectivity index is 0.00000162. The van der Waals surface area contributed by atoms with Gasteiger partial charge in [-0.05, 0) is 36.5 Å². The van der Waals surface area contributed by atoms with E-state index in [-0.39, 0.29) is 18.3 Å². The number of carbonyl (C=O) groups excluding carboxylic acids is 1. The highest BCUT2D eigenvalue weighted by molar-refractivity contribution is 7.99. The summed E-state index contributed by atoms with van der Waals surface area (Å²) in [6, 6.07) is 10.2. The van der Waals surface area contributed by atoms with Crippen molar-refractivity contribution in [1.29, 1.82) is 0 Å². The fraction of sp³-hybridized carbons (Fsp3) is 0.462. The molecule has 1 aromatic rings. The van der Waals surface area contributed by atoms with Gasteiger partial charge in [-0.25, -0.2) is 0 Å². The smallest absolute Gasteiger partial charge is 0.239 e. The Kier molecular flexibility index (Phi) is 6.98. The van der Waals surface area contributed by atoms with Gasteiger partial charge in [-0.3, -0.25) is 4.79 Å². The molecule has 1 amide bonds. The second kappa shape index (κ2) is 8.27. The molecule has 2 rings (SSSR count). The van der Waals surface area contributed by atoms with E-state index in [1.165, 1.54) is 0 Å². The van der Waals surface area contributed by atoms with Gasteiger partial charge in [0, 0.05) is 11.7 Å². The lowest BCUT2D eigenvalue weighted by atomic mass is 10.1. The molecule has 1 aliphatic rings. The van der Waals surface area contributed by atoms with Crippen molar-refractivity contribution in [3.8, 4) is 0 Å². The average molecular weight is 287 g/mol. The third-order valence-electron chi connectivity index (χ3n) is 2.81. The number of halogens is 1. The molecular weight excluding hydrogens is 268 g/mol. The molecule has 0 bridgehead atoms. The Morgan fingerprint density at radius 3 is 2.56 bits per heavy atom. The van der Waals surface area contributed by atoms with Crippen molar-refractivity contribution in [1.82, 2.24) is 5.32 Å². The number of thioether (sulfide) groups is 1. The maximum absolute atomic E-state index is 11.7. The normalized spacial score (nSPS) is 15.6. The molecule has 5 heteroatoms. The van der Waals surface area contributed by atoms with Gasteiger partial charge in [-0.1, -0.05) is 18.2 Å². The molecule has 0 unspecified atom stereocenters. The van der Waals surface area contributed by atoms with Crippen molar-refractivity contribution < 1.29 is 4.79 Å². The van der Waals surface area contributed by atoms with Crippen LogP contribution in [-0.4, -0.2) is 30.0 Å². The first-order chi connectivity index (χ1) is 8.34. The number of carbonyl (C=O) groups is 1.